The lowest BCUT2D eigenvalue weighted by Crippen LogP contribution is -2.05. The molecule has 190 valence electrons. The van der Waals surface area contributed by atoms with Crippen LogP contribution in [0.15, 0.2) is 12.2 Å². The molecule has 0 unspecified atom stereocenters. The molecular formula is C30H58O2. The summed E-state index contributed by atoms with van der Waals surface area (Å²) in [6, 6.07) is 0. The van der Waals surface area contributed by atoms with Crippen LogP contribution in [0.4, 0.5) is 0 Å². The fourth-order valence-corrected chi connectivity index (χ4v) is 4.19. The second-order valence-electron chi connectivity index (χ2n) is 9.74. The van der Waals surface area contributed by atoms with Gasteiger partial charge in [0, 0.05) is 6.42 Å². The molecule has 0 atom stereocenters. The van der Waals surface area contributed by atoms with Gasteiger partial charge in [-0.05, 0) is 38.5 Å². The van der Waals surface area contributed by atoms with Crippen molar-refractivity contribution in [2.45, 2.75) is 168 Å². The number of carbonyl (C=O) groups excluding carboxylic acids is 1. The topological polar surface area (TPSA) is 26.3 Å². The molecule has 32 heavy (non-hydrogen) atoms. The molecule has 0 amide bonds. The van der Waals surface area contributed by atoms with Crippen molar-refractivity contribution in [1.82, 2.24) is 0 Å². The minimum absolute atomic E-state index is 0.0130. The maximum Gasteiger partial charge on any atom is 0.305 e. The Kier molecular flexibility index (Phi) is 27.5. The van der Waals surface area contributed by atoms with E-state index >= 15 is 0 Å². The Morgan fingerprint density at radius 2 is 0.875 bits per heavy atom. The number of hydrogen-bond acceptors (Lipinski definition) is 2. The van der Waals surface area contributed by atoms with Crippen LogP contribution >= 0.6 is 0 Å². The van der Waals surface area contributed by atoms with Crippen LogP contribution in [0.2, 0.25) is 0 Å². The van der Waals surface area contributed by atoms with Crippen molar-refractivity contribution >= 4 is 5.97 Å². The van der Waals surface area contributed by atoms with Crippen LogP contribution in [0.5, 0.6) is 0 Å². The van der Waals surface area contributed by atoms with Gasteiger partial charge in [0.2, 0.25) is 0 Å². The molecule has 0 aromatic carbocycles. The highest BCUT2D eigenvalue weighted by Crippen LogP contribution is 2.12. The van der Waals surface area contributed by atoms with E-state index in [2.05, 4.69) is 26.0 Å². The van der Waals surface area contributed by atoms with Gasteiger partial charge in [-0.2, -0.15) is 0 Å². The summed E-state index contributed by atoms with van der Waals surface area (Å²) in [6.07, 6.45) is 35.3. The van der Waals surface area contributed by atoms with E-state index < -0.39 is 0 Å². The van der Waals surface area contributed by atoms with Gasteiger partial charge < -0.3 is 4.74 Å². The van der Waals surface area contributed by atoms with E-state index in [-0.39, 0.29) is 5.97 Å². The quantitative estimate of drug-likeness (QED) is 0.0744. The normalized spacial score (nSPS) is 11.4. The largest absolute Gasteiger partial charge is 0.466 e. The number of rotatable bonds is 26. The van der Waals surface area contributed by atoms with E-state index in [0.717, 1.165) is 19.3 Å². The van der Waals surface area contributed by atoms with Gasteiger partial charge in [-0.1, -0.05) is 135 Å². The number of hydrogen-bond donors (Lipinski definition) is 0. The van der Waals surface area contributed by atoms with Gasteiger partial charge in [-0.3, -0.25) is 4.79 Å². The third-order valence-corrected chi connectivity index (χ3v) is 6.40. The highest BCUT2D eigenvalue weighted by Gasteiger charge is 2.02. The zero-order valence-corrected chi connectivity index (χ0v) is 22.1. The molecule has 2 heteroatoms. The molecule has 0 rings (SSSR count). The number of esters is 1. The van der Waals surface area contributed by atoms with Crippen LogP contribution in [0.3, 0.4) is 0 Å². The van der Waals surface area contributed by atoms with Gasteiger partial charge >= 0.3 is 5.97 Å². The van der Waals surface area contributed by atoms with E-state index in [1.807, 2.05) is 0 Å². The molecule has 0 bridgehead atoms. The Labute approximate surface area is 202 Å². The smallest absolute Gasteiger partial charge is 0.305 e. The highest BCUT2D eigenvalue weighted by molar-refractivity contribution is 5.69. The summed E-state index contributed by atoms with van der Waals surface area (Å²) < 4.78 is 5.39. The first-order valence-electron chi connectivity index (χ1n) is 14.6. The first-order chi connectivity index (χ1) is 15.8. The summed E-state index contributed by atoms with van der Waals surface area (Å²) in [6.45, 7) is 5.17. The molecule has 0 saturated heterocycles. The van der Waals surface area contributed by atoms with Crippen LogP contribution in [-0.2, 0) is 9.53 Å². The zero-order chi connectivity index (χ0) is 23.4. The predicted molar refractivity (Wildman–Crippen MR) is 142 cm³/mol. The molecule has 0 aliphatic rings. The lowest BCUT2D eigenvalue weighted by molar-refractivity contribution is -0.143. The summed E-state index contributed by atoms with van der Waals surface area (Å²) >= 11 is 0. The van der Waals surface area contributed by atoms with Gasteiger partial charge in [0.05, 0.1) is 6.61 Å². The van der Waals surface area contributed by atoms with Gasteiger partial charge in [-0.25, -0.2) is 0 Å². The van der Waals surface area contributed by atoms with Crippen molar-refractivity contribution in [2.24, 2.45) is 0 Å². The molecule has 0 aliphatic heterocycles. The van der Waals surface area contributed by atoms with Crippen LogP contribution in [-0.4, -0.2) is 12.6 Å². The van der Waals surface area contributed by atoms with E-state index in [0.29, 0.717) is 13.0 Å². The molecule has 0 fully saturated rings. The fraction of sp³-hybridized carbons (Fsp3) is 0.900. The third-order valence-electron chi connectivity index (χ3n) is 6.40. The SMILES string of the molecule is CCCCCCC=CCCCCCCCC(=O)OCCCCCCCCCCCCCC. The van der Waals surface area contributed by atoms with E-state index in [1.54, 1.807) is 0 Å². The lowest BCUT2D eigenvalue weighted by atomic mass is 10.1. The van der Waals surface area contributed by atoms with Gasteiger partial charge in [0.25, 0.3) is 0 Å². The summed E-state index contributed by atoms with van der Waals surface area (Å²) in [5.41, 5.74) is 0. The molecule has 0 aromatic rings. The van der Waals surface area contributed by atoms with E-state index in [9.17, 15) is 4.79 Å². The van der Waals surface area contributed by atoms with Crippen LogP contribution < -0.4 is 0 Å². The first kappa shape index (κ1) is 31.2. The zero-order valence-electron chi connectivity index (χ0n) is 22.1. The molecule has 2 nitrogen and oxygen atoms in total. The Morgan fingerprint density at radius 1 is 0.500 bits per heavy atom. The second-order valence-corrected chi connectivity index (χ2v) is 9.74. The number of carbonyl (C=O) groups is 1. The molecular weight excluding hydrogens is 392 g/mol. The summed E-state index contributed by atoms with van der Waals surface area (Å²) in [5, 5.41) is 0. The summed E-state index contributed by atoms with van der Waals surface area (Å²) in [5.74, 6) is 0.0130. The van der Waals surface area contributed by atoms with Crippen molar-refractivity contribution in [2.75, 3.05) is 6.61 Å². The number of ether oxygens (including phenoxy) is 1. The van der Waals surface area contributed by atoms with Crippen LogP contribution in [0, 0.1) is 0 Å². The summed E-state index contributed by atoms with van der Waals surface area (Å²) in [7, 11) is 0. The minimum Gasteiger partial charge on any atom is -0.466 e. The van der Waals surface area contributed by atoms with Crippen molar-refractivity contribution < 1.29 is 9.53 Å². The second kappa shape index (κ2) is 28.2. The first-order valence-corrected chi connectivity index (χ1v) is 14.6. The molecule has 0 saturated carbocycles. The van der Waals surface area contributed by atoms with Crippen molar-refractivity contribution in [3.05, 3.63) is 12.2 Å². The van der Waals surface area contributed by atoms with E-state index in [1.165, 1.54) is 128 Å². The van der Waals surface area contributed by atoms with Crippen LogP contribution in [0.25, 0.3) is 0 Å². The van der Waals surface area contributed by atoms with Gasteiger partial charge in [0.1, 0.15) is 0 Å². The summed E-state index contributed by atoms with van der Waals surface area (Å²) in [4.78, 5) is 11.8. The predicted octanol–water partition coefficient (Wildman–Crippen LogP) is 10.5. The van der Waals surface area contributed by atoms with Crippen molar-refractivity contribution in [1.29, 1.82) is 0 Å². The Morgan fingerprint density at radius 3 is 1.38 bits per heavy atom. The van der Waals surface area contributed by atoms with Gasteiger partial charge in [-0.15, -0.1) is 0 Å². The molecule has 0 aliphatic carbocycles. The Hall–Kier alpha value is -0.790. The number of unbranched alkanes of at least 4 members (excludes halogenated alkanes) is 20. The van der Waals surface area contributed by atoms with Gasteiger partial charge in [0.15, 0.2) is 0 Å². The molecule has 0 heterocycles. The van der Waals surface area contributed by atoms with E-state index in [4.69, 9.17) is 4.74 Å². The third kappa shape index (κ3) is 27.2. The lowest BCUT2D eigenvalue weighted by Gasteiger charge is -2.05. The van der Waals surface area contributed by atoms with Crippen molar-refractivity contribution in [3.8, 4) is 0 Å². The minimum atomic E-state index is 0.0130. The number of allylic oxidation sites excluding steroid dienone is 2. The highest BCUT2D eigenvalue weighted by atomic mass is 16.5. The fourth-order valence-electron chi connectivity index (χ4n) is 4.19. The molecule has 0 N–H and O–H groups in total. The molecule has 0 aromatic heterocycles. The van der Waals surface area contributed by atoms with Crippen molar-refractivity contribution in [3.63, 3.8) is 0 Å². The average Bonchev–Trinajstić information content (AvgIpc) is 2.80. The maximum atomic E-state index is 11.8. The average molecular weight is 451 g/mol. The maximum absolute atomic E-state index is 11.8. The monoisotopic (exact) mass is 450 g/mol. The molecule has 0 radical (unpaired) electrons. The molecule has 0 spiro atoms. The Bertz CT molecular complexity index is 388. The van der Waals surface area contributed by atoms with Crippen LogP contribution in [0.1, 0.15) is 168 Å². The standard InChI is InChI=1S/C30H58O2/c1-3-5-7-9-11-13-15-17-18-20-22-24-26-28-30(31)32-29-27-25-23-21-19-16-14-12-10-8-6-4-2/h13,15H,3-12,14,16-29H2,1-2H3. The Balaban J connectivity index is 3.19.